The first-order chi connectivity index (χ1) is 29.6. The smallest absolute Gasteiger partial charge is 0.0645 e. The van der Waals surface area contributed by atoms with E-state index in [1.54, 1.807) is 36.4 Å². The lowest BCUT2D eigenvalue weighted by Crippen LogP contribution is -2.09. The molecular weight excluding hydrogens is 639 g/mol. The van der Waals surface area contributed by atoms with E-state index in [4.69, 9.17) is 0 Å². The molecule has 0 amide bonds. The molecular formula is C52H37N. The van der Waals surface area contributed by atoms with E-state index >= 15 is 0 Å². The molecule has 250 valence electrons. The van der Waals surface area contributed by atoms with E-state index in [9.17, 15) is 11.0 Å². The lowest BCUT2D eigenvalue weighted by molar-refractivity contribution is 1.28. The maximum atomic E-state index is 9.48. The molecule has 9 rings (SSSR count). The van der Waals surface area contributed by atoms with Gasteiger partial charge in [0, 0.05) is 17.1 Å². The summed E-state index contributed by atoms with van der Waals surface area (Å²) in [5, 5.41) is 2.17. The van der Waals surface area contributed by atoms with Crippen LogP contribution < -0.4 is 4.90 Å². The second kappa shape index (κ2) is 14.3. The predicted octanol–water partition coefficient (Wildman–Crippen LogP) is 14.6. The van der Waals surface area contributed by atoms with Gasteiger partial charge in [-0.1, -0.05) is 170 Å². The van der Waals surface area contributed by atoms with Crippen molar-refractivity contribution in [3.8, 4) is 55.6 Å². The third-order valence-corrected chi connectivity index (χ3v) is 9.40. The summed E-state index contributed by atoms with van der Waals surface area (Å²) in [6, 6.07) is 52.8. The zero-order valence-corrected chi connectivity index (χ0v) is 28.7. The summed E-state index contributed by atoms with van der Waals surface area (Å²) < 4.78 is 75.3. The molecule has 9 aromatic rings. The first kappa shape index (κ1) is 24.3. The van der Waals surface area contributed by atoms with Gasteiger partial charge in [0.15, 0.2) is 0 Å². The topological polar surface area (TPSA) is 3.24 Å². The molecule has 0 aliphatic rings. The number of para-hydroxylation sites is 1. The van der Waals surface area contributed by atoms with E-state index in [-0.39, 0.29) is 58.8 Å². The highest BCUT2D eigenvalue weighted by Crippen LogP contribution is 2.39. The van der Waals surface area contributed by atoms with Crippen LogP contribution >= 0.6 is 0 Å². The summed E-state index contributed by atoms with van der Waals surface area (Å²) >= 11 is 0. The molecule has 0 bridgehead atoms. The average Bonchev–Trinajstić information content (AvgIpc) is 3.30. The number of fused-ring (bicyclic) bond motifs is 1. The fraction of sp³-hybridized carbons (Fsp3) is 0. The minimum absolute atomic E-state index is 0.102. The SMILES string of the molecule is [2H]c1c([2H])c(N(c2ccccc2)c2c([2H])c([2H])c(-c3ccc(-c4ccccc4)c(-c4ccccc4)c3)c([2H])c2[2H])c([2H])c([2H])c1-c1cccc(-c2ccc3ccccc3c2)c1. The van der Waals surface area contributed by atoms with Gasteiger partial charge >= 0.3 is 0 Å². The second-order valence-electron chi connectivity index (χ2n) is 12.8. The Morgan fingerprint density at radius 2 is 0.717 bits per heavy atom. The molecule has 0 aromatic heterocycles. The third kappa shape index (κ3) is 6.65. The molecule has 0 saturated heterocycles. The molecule has 0 atom stereocenters. The van der Waals surface area contributed by atoms with Crippen LogP contribution in [0.1, 0.15) is 11.0 Å². The van der Waals surface area contributed by atoms with E-state index in [0.717, 1.165) is 44.2 Å². The molecule has 0 unspecified atom stereocenters. The highest BCUT2D eigenvalue weighted by Gasteiger charge is 2.15. The number of nitrogens with zero attached hydrogens (tertiary/aromatic N) is 1. The monoisotopic (exact) mass is 683 g/mol. The Morgan fingerprint density at radius 3 is 1.34 bits per heavy atom. The molecule has 0 N–H and O–H groups in total. The fourth-order valence-electron chi connectivity index (χ4n) is 6.72. The van der Waals surface area contributed by atoms with Crippen molar-refractivity contribution in [3.63, 3.8) is 0 Å². The summed E-state index contributed by atoms with van der Waals surface area (Å²) in [7, 11) is 0. The van der Waals surface area contributed by atoms with Gasteiger partial charge in [-0.05, 0) is 121 Å². The van der Waals surface area contributed by atoms with Gasteiger partial charge in [0.1, 0.15) is 0 Å². The standard InChI is InChI=1S/C52H37N/c1-4-14-41(15-5-1)51-34-29-47(37-52(51)42-16-6-2-7-17-42)40-27-32-50(33-28-40)53(48-21-8-3-9-22-48)49-30-25-39(26-31-49)44-19-12-20-45(35-44)46-24-23-38-13-10-11-18-43(38)36-46/h1-37H/i25D,26D,27D,28D,30D,31D,32D,33D. The van der Waals surface area contributed by atoms with Gasteiger partial charge in [-0.2, -0.15) is 0 Å². The molecule has 0 heterocycles. The van der Waals surface area contributed by atoms with Crippen LogP contribution in [-0.4, -0.2) is 0 Å². The van der Waals surface area contributed by atoms with Crippen molar-refractivity contribution in [2.45, 2.75) is 0 Å². The van der Waals surface area contributed by atoms with Crippen LogP contribution in [0.15, 0.2) is 224 Å². The fourth-order valence-corrected chi connectivity index (χ4v) is 6.72. The Morgan fingerprint density at radius 1 is 0.264 bits per heavy atom. The molecule has 1 heteroatoms. The number of hydrogen-bond acceptors (Lipinski definition) is 1. The van der Waals surface area contributed by atoms with Crippen molar-refractivity contribution >= 4 is 27.8 Å². The van der Waals surface area contributed by atoms with Crippen LogP contribution in [-0.2, 0) is 0 Å². The lowest BCUT2D eigenvalue weighted by Gasteiger charge is -2.26. The van der Waals surface area contributed by atoms with Crippen molar-refractivity contribution in [1.82, 2.24) is 0 Å². The minimum Gasteiger partial charge on any atom is -0.311 e. The zero-order chi connectivity index (χ0) is 42.4. The summed E-state index contributed by atoms with van der Waals surface area (Å²) in [5.74, 6) is 0. The average molecular weight is 684 g/mol. The molecule has 1 nitrogen and oxygen atoms in total. The highest BCUT2D eigenvalue weighted by molar-refractivity contribution is 5.89. The third-order valence-electron chi connectivity index (χ3n) is 9.40. The normalized spacial score (nSPS) is 13.1. The molecule has 9 aromatic carbocycles. The van der Waals surface area contributed by atoms with E-state index in [2.05, 4.69) is 6.07 Å². The van der Waals surface area contributed by atoms with Crippen molar-refractivity contribution in [2.24, 2.45) is 0 Å². The molecule has 0 spiro atoms. The van der Waals surface area contributed by atoms with Gasteiger partial charge in [0.2, 0.25) is 0 Å². The van der Waals surface area contributed by atoms with Gasteiger partial charge in [-0.25, -0.2) is 0 Å². The van der Waals surface area contributed by atoms with E-state index in [0.29, 0.717) is 16.8 Å². The van der Waals surface area contributed by atoms with Crippen LogP contribution in [0.3, 0.4) is 0 Å². The van der Waals surface area contributed by atoms with Crippen LogP contribution in [0, 0.1) is 0 Å². The van der Waals surface area contributed by atoms with Crippen LogP contribution in [0.25, 0.3) is 66.4 Å². The summed E-state index contributed by atoms with van der Waals surface area (Å²) in [5.41, 5.74) is 6.69. The number of hydrogen-bond donors (Lipinski definition) is 0. The Labute approximate surface area is 323 Å². The molecule has 0 aliphatic heterocycles. The molecule has 53 heavy (non-hydrogen) atoms. The van der Waals surface area contributed by atoms with Crippen LogP contribution in [0.4, 0.5) is 17.1 Å². The Kier molecular flexibility index (Phi) is 6.57. The highest BCUT2D eigenvalue weighted by atomic mass is 15.1. The summed E-state index contributed by atoms with van der Waals surface area (Å²) in [6.07, 6.45) is 0. The number of rotatable bonds is 8. The van der Waals surface area contributed by atoms with Gasteiger partial charge in [-0.3, -0.25) is 0 Å². The summed E-state index contributed by atoms with van der Waals surface area (Å²) in [6.45, 7) is 0. The van der Waals surface area contributed by atoms with Gasteiger partial charge < -0.3 is 4.90 Å². The van der Waals surface area contributed by atoms with E-state index in [1.807, 2.05) is 133 Å². The quantitative estimate of drug-likeness (QED) is 0.154. The number of benzene rings is 9. The summed E-state index contributed by atoms with van der Waals surface area (Å²) in [4.78, 5) is 1.33. The molecule has 0 radical (unpaired) electrons. The van der Waals surface area contributed by atoms with Crippen LogP contribution in [0.5, 0.6) is 0 Å². The van der Waals surface area contributed by atoms with Gasteiger partial charge in [-0.15, -0.1) is 0 Å². The Balaban J connectivity index is 1.20. The predicted molar refractivity (Wildman–Crippen MR) is 226 cm³/mol. The Bertz CT molecular complexity index is 3060. The van der Waals surface area contributed by atoms with Gasteiger partial charge in [0.25, 0.3) is 0 Å². The molecule has 0 saturated carbocycles. The van der Waals surface area contributed by atoms with Crippen molar-refractivity contribution < 1.29 is 11.0 Å². The molecule has 0 aliphatic carbocycles. The largest absolute Gasteiger partial charge is 0.311 e. The number of anilines is 3. The zero-order valence-electron chi connectivity index (χ0n) is 36.7. The van der Waals surface area contributed by atoms with Crippen molar-refractivity contribution in [3.05, 3.63) is 224 Å². The van der Waals surface area contributed by atoms with Crippen LogP contribution in [0.2, 0.25) is 0 Å². The minimum atomic E-state index is -0.391. The lowest BCUT2D eigenvalue weighted by atomic mass is 9.91. The van der Waals surface area contributed by atoms with E-state index < -0.39 is 12.1 Å². The first-order valence-electron chi connectivity index (χ1n) is 21.5. The molecule has 0 fully saturated rings. The van der Waals surface area contributed by atoms with E-state index in [1.165, 1.54) is 4.90 Å². The first-order valence-corrected chi connectivity index (χ1v) is 17.5. The van der Waals surface area contributed by atoms with Gasteiger partial charge in [0.05, 0.1) is 11.0 Å². The maximum Gasteiger partial charge on any atom is 0.0645 e. The second-order valence-corrected chi connectivity index (χ2v) is 12.8. The van der Waals surface area contributed by atoms with Crippen molar-refractivity contribution in [2.75, 3.05) is 4.90 Å². The van der Waals surface area contributed by atoms with Crippen molar-refractivity contribution in [1.29, 1.82) is 0 Å². The Hall–Kier alpha value is -6.96. The maximum absolute atomic E-state index is 9.48.